The molecular weight excluding hydrogens is 190 g/mol. The number of hydrogen-bond acceptors (Lipinski definition) is 3. The van der Waals surface area contributed by atoms with Crippen molar-refractivity contribution in [2.24, 2.45) is 5.73 Å². The summed E-state index contributed by atoms with van der Waals surface area (Å²) in [5.41, 5.74) is 5.92. The molecule has 15 heavy (non-hydrogen) atoms. The summed E-state index contributed by atoms with van der Waals surface area (Å²) in [5.74, 6) is 0. The molecule has 1 aliphatic heterocycles. The van der Waals surface area contributed by atoms with Crippen molar-refractivity contribution >= 4 is 0 Å². The molecule has 1 fully saturated rings. The van der Waals surface area contributed by atoms with Gasteiger partial charge in [-0.25, -0.2) is 0 Å². The highest BCUT2D eigenvalue weighted by atomic mass is 16.5. The van der Waals surface area contributed by atoms with Gasteiger partial charge in [0.05, 0.1) is 11.7 Å². The molecule has 0 radical (unpaired) electrons. The highest BCUT2D eigenvalue weighted by molar-refractivity contribution is 4.83. The minimum Gasteiger partial charge on any atom is -0.378 e. The van der Waals surface area contributed by atoms with E-state index in [2.05, 4.69) is 13.8 Å². The van der Waals surface area contributed by atoms with Crippen molar-refractivity contribution < 1.29 is 9.47 Å². The van der Waals surface area contributed by atoms with Gasteiger partial charge in [0.1, 0.15) is 0 Å². The topological polar surface area (TPSA) is 44.5 Å². The van der Waals surface area contributed by atoms with Gasteiger partial charge in [0, 0.05) is 19.3 Å². The van der Waals surface area contributed by atoms with Gasteiger partial charge in [0.2, 0.25) is 0 Å². The summed E-state index contributed by atoms with van der Waals surface area (Å²) in [6, 6.07) is 0.0987. The molecule has 2 unspecified atom stereocenters. The number of rotatable bonds is 6. The van der Waals surface area contributed by atoms with Crippen LogP contribution in [0.5, 0.6) is 0 Å². The lowest BCUT2D eigenvalue weighted by Gasteiger charge is -2.32. The second-order valence-electron chi connectivity index (χ2n) is 4.86. The van der Waals surface area contributed by atoms with Gasteiger partial charge >= 0.3 is 0 Å². The van der Waals surface area contributed by atoms with Crippen LogP contribution in [0.3, 0.4) is 0 Å². The maximum absolute atomic E-state index is 6.14. The maximum Gasteiger partial charge on any atom is 0.0776 e. The third-order valence-corrected chi connectivity index (χ3v) is 3.23. The molecule has 0 saturated carbocycles. The standard InChI is InChI=1S/C12H25NO2/c1-4-15-12(2,3)11(13)8-7-10-6-5-9-14-10/h10-11H,4-9,13H2,1-3H3. The smallest absolute Gasteiger partial charge is 0.0776 e. The predicted molar refractivity (Wildman–Crippen MR) is 61.9 cm³/mol. The normalized spacial score (nSPS) is 24.4. The highest BCUT2D eigenvalue weighted by Gasteiger charge is 2.27. The Morgan fingerprint density at radius 1 is 1.53 bits per heavy atom. The third kappa shape index (κ3) is 4.09. The first-order chi connectivity index (χ1) is 7.06. The fraction of sp³-hybridized carbons (Fsp3) is 1.00. The van der Waals surface area contributed by atoms with E-state index >= 15 is 0 Å². The van der Waals surface area contributed by atoms with Crippen LogP contribution in [0.2, 0.25) is 0 Å². The summed E-state index contributed by atoms with van der Waals surface area (Å²) < 4.78 is 11.2. The Hall–Kier alpha value is -0.120. The summed E-state index contributed by atoms with van der Waals surface area (Å²) >= 11 is 0. The molecular formula is C12H25NO2. The van der Waals surface area contributed by atoms with Crippen molar-refractivity contribution in [1.29, 1.82) is 0 Å². The fourth-order valence-electron chi connectivity index (χ4n) is 2.06. The molecule has 0 aliphatic carbocycles. The number of nitrogens with two attached hydrogens (primary N) is 1. The average molecular weight is 215 g/mol. The van der Waals surface area contributed by atoms with Crippen LogP contribution >= 0.6 is 0 Å². The van der Waals surface area contributed by atoms with Crippen molar-refractivity contribution in [1.82, 2.24) is 0 Å². The number of hydrogen-bond donors (Lipinski definition) is 1. The van der Waals surface area contributed by atoms with Crippen molar-refractivity contribution in [3.8, 4) is 0 Å². The first kappa shape index (κ1) is 12.9. The van der Waals surface area contributed by atoms with Gasteiger partial charge in [0.25, 0.3) is 0 Å². The molecule has 0 aromatic heterocycles. The molecule has 3 heteroatoms. The lowest BCUT2D eigenvalue weighted by atomic mass is 9.93. The van der Waals surface area contributed by atoms with E-state index in [0.717, 1.165) is 26.1 Å². The fourth-order valence-corrected chi connectivity index (χ4v) is 2.06. The third-order valence-electron chi connectivity index (χ3n) is 3.23. The zero-order valence-corrected chi connectivity index (χ0v) is 10.3. The van der Waals surface area contributed by atoms with Crippen LogP contribution in [-0.4, -0.2) is 31.0 Å². The van der Waals surface area contributed by atoms with Crippen LogP contribution in [0, 0.1) is 0 Å². The number of ether oxygens (including phenoxy) is 2. The van der Waals surface area contributed by atoms with Crippen LogP contribution in [0.4, 0.5) is 0 Å². The van der Waals surface area contributed by atoms with Gasteiger partial charge in [-0.2, -0.15) is 0 Å². The van der Waals surface area contributed by atoms with Gasteiger partial charge in [-0.05, 0) is 46.5 Å². The summed E-state index contributed by atoms with van der Waals surface area (Å²) in [6.07, 6.45) is 4.89. The predicted octanol–water partition coefficient (Wildman–Crippen LogP) is 2.09. The second-order valence-corrected chi connectivity index (χ2v) is 4.86. The van der Waals surface area contributed by atoms with Crippen molar-refractivity contribution in [2.75, 3.05) is 13.2 Å². The first-order valence-electron chi connectivity index (χ1n) is 6.07. The van der Waals surface area contributed by atoms with E-state index < -0.39 is 0 Å². The molecule has 0 spiro atoms. The highest BCUT2D eigenvalue weighted by Crippen LogP contribution is 2.22. The Labute approximate surface area is 93.3 Å². The molecule has 1 heterocycles. The van der Waals surface area contributed by atoms with E-state index in [1.165, 1.54) is 12.8 Å². The molecule has 2 N–H and O–H groups in total. The minimum atomic E-state index is -0.215. The Morgan fingerprint density at radius 3 is 2.80 bits per heavy atom. The molecule has 90 valence electrons. The summed E-state index contributed by atoms with van der Waals surface area (Å²) in [4.78, 5) is 0. The Bertz CT molecular complexity index is 176. The van der Waals surface area contributed by atoms with Crippen molar-refractivity contribution in [3.63, 3.8) is 0 Å². The van der Waals surface area contributed by atoms with E-state index in [4.69, 9.17) is 15.2 Å². The van der Waals surface area contributed by atoms with E-state index in [-0.39, 0.29) is 11.6 Å². The SMILES string of the molecule is CCOC(C)(C)C(N)CCC1CCCO1. The molecule has 1 aliphatic rings. The lowest BCUT2D eigenvalue weighted by molar-refractivity contribution is -0.0336. The molecule has 1 saturated heterocycles. The van der Waals surface area contributed by atoms with E-state index in [0.29, 0.717) is 6.10 Å². The van der Waals surface area contributed by atoms with E-state index in [9.17, 15) is 0 Å². The van der Waals surface area contributed by atoms with Gasteiger partial charge in [-0.1, -0.05) is 0 Å². The van der Waals surface area contributed by atoms with Crippen LogP contribution in [0.25, 0.3) is 0 Å². The molecule has 3 nitrogen and oxygen atoms in total. The van der Waals surface area contributed by atoms with Crippen LogP contribution < -0.4 is 5.73 Å². The molecule has 0 amide bonds. The second kappa shape index (κ2) is 5.83. The summed E-state index contributed by atoms with van der Waals surface area (Å²) in [5, 5.41) is 0. The lowest BCUT2D eigenvalue weighted by Crippen LogP contribution is -2.45. The largest absolute Gasteiger partial charge is 0.378 e. The van der Waals surface area contributed by atoms with Crippen molar-refractivity contribution in [2.45, 2.75) is 64.2 Å². The Kier molecular flexibility index (Phi) is 5.03. The first-order valence-corrected chi connectivity index (χ1v) is 6.07. The maximum atomic E-state index is 6.14. The molecule has 0 aromatic rings. The monoisotopic (exact) mass is 215 g/mol. The molecule has 1 rings (SSSR count). The zero-order chi connectivity index (χ0) is 11.3. The molecule has 2 atom stereocenters. The molecule has 0 bridgehead atoms. The Morgan fingerprint density at radius 2 is 2.27 bits per heavy atom. The average Bonchev–Trinajstić information content (AvgIpc) is 2.66. The van der Waals surface area contributed by atoms with E-state index in [1.807, 2.05) is 6.92 Å². The van der Waals surface area contributed by atoms with Crippen molar-refractivity contribution in [3.05, 3.63) is 0 Å². The van der Waals surface area contributed by atoms with Crippen LogP contribution in [0.1, 0.15) is 46.5 Å². The molecule has 0 aromatic carbocycles. The van der Waals surface area contributed by atoms with E-state index in [1.54, 1.807) is 0 Å². The summed E-state index contributed by atoms with van der Waals surface area (Å²) in [6.45, 7) is 7.79. The van der Waals surface area contributed by atoms with Gasteiger partial charge < -0.3 is 15.2 Å². The minimum absolute atomic E-state index is 0.0987. The van der Waals surface area contributed by atoms with Crippen LogP contribution in [-0.2, 0) is 9.47 Å². The van der Waals surface area contributed by atoms with Gasteiger partial charge in [0.15, 0.2) is 0 Å². The van der Waals surface area contributed by atoms with Crippen LogP contribution in [0.15, 0.2) is 0 Å². The van der Waals surface area contributed by atoms with Gasteiger partial charge in [-0.15, -0.1) is 0 Å². The zero-order valence-electron chi connectivity index (χ0n) is 10.3. The Balaban J connectivity index is 2.24. The quantitative estimate of drug-likeness (QED) is 0.738. The van der Waals surface area contributed by atoms with Gasteiger partial charge in [-0.3, -0.25) is 0 Å². The summed E-state index contributed by atoms with van der Waals surface area (Å²) in [7, 11) is 0.